The Morgan fingerprint density at radius 1 is 1.00 bits per heavy atom. The monoisotopic (exact) mass is 381 g/mol. The van der Waals surface area contributed by atoms with Gasteiger partial charge in [-0.1, -0.05) is 12.1 Å². The third kappa shape index (κ3) is 4.54. The Morgan fingerprint density at radius 3 is 2.32 bits per heavy atom. The topological polar surface area (TPSA) is 108 Å². The third-order valence-electron chi connectivity index (χ3n) is 5.11. The van der Waals surface area contributed by atoms with Crippen molar-refractivity contribution < 1.29 is 19.5 Å². The number of carbonyl (C=O) groups is 3. The number of rotatable bonds is 5. The van der Waals surface area contributed by atoms with Crippen LogP contribution in [0.2, 0.25) is 0 Å². The minimum atomic E-state index is -0.774. The van der Waals surface area contributed by atoms with Crippen molar-refractivity contribution in [2.24, 2.45) is 5.92 Å². The van der Waals surface area contributed by atoms with Crippen molar-refractivity contribution in [3.05, 3.63) is 59.4 Å². The number of carboxylic acids is 1. The van der Waals surface area contributed by atoms with E-state index in [1.165, 1.54) is 12.4 Å². The molecule has 0 unspecified atom stereocenters. The Bertz CT molecular complexity index is 874. The summed E-state index contributed by atoms with van der Waals surface area (Å²) in [7, 11) is 0. The van der Waals surface area contributed by atoms with Crippen LogP contribution in [0.5, 0.6) is 0 Å². The van der Waals surface area contributed by atoms with Gasteiger partial charge in [0.25, 0.3) is 11.8 Å². The van der Waals surface area contributed by atoms with E-state index >= 15 is 0 Å². The molecule has 0 radical (unpaired) electrons. The lowest BCUT2D eigenvalue weighted by Gasteiger charge is -2.27. The number of aryl methyl sites for hydroxylation is 1. The van der Waals surface area contributed by atoms with E-state index < -0.39 is 5.97 Å². The second kappa shape index (κ2) is 8.65. The second-order valence-electron chi connectivity index (χ2n) is 7.05. The zero-order chi connectivity index (χ0) is 20.1. The van der Waals surface area contributed by atoms with E-state index in [1.807, 2.05) is 13.0 Å². The lowest BCUT2D eigenvalue weighted by atomic mass is 9.86. The van der Waals surface area contributed by atoms with Crippen molar-refractivity contribution in [3.63, 3.8) is 0 Å². The van der Waals surface area contributed by atoms with E-state index in [0.717, 1.165) is 5.56 Å². The van der Waals surface area contributed by atoms with Gasteiger partial charge in [-0.25, -0.2) is 0 Å². The lowest BCUT2D eigenvalue weighted by molar-refractivity contribution is -0.142. The fraction of sp³-hybridized carbons (Fsp3) is 0.333. The number of pyridine rings is 1. The average molecular weight is 381 g/mol. The summed E-state index contributed by atoms with van der Waals surface area (Å²) >= 11 is 0. The summed E-state index contributed by atoms with van der Waals surface area (Å²) < 4.78 is 0. The Morgan fingerprint density at radius 2 is 1.68 bits per heavy atom. The van der Waals surface area contributed by atoms with Crippen LogP contribution in [0.25, 0.3) is 0 Å². The average Bonchev–Trinajstić information content (AvgIpc) is 2.70. The van der Waals surface area contributed by atoms with Crippen molar-refractivity contribution in [3.8, 4) is 0 Å². The largest absolute Gasteiger partial charge is 0.481 e. The van der Waals surface area contributed by atoms with Crippen molar-refractivity contribution in [1.82, 2.24) is 10.3 Å². The minimum absolute atomic E-state index is 0.0626. The van der Waals surface area contributed by atoms with Crippen molar-refractivity contribution in [2.45, 2.75) is 38.6 Å². The van der Waals surface area contributed by atoms with Crippen molar-refractivity contribution >= 4 is 23.5 Å². The molecule has 146 valence electrons. The molecule has 0 saturated heterocycles. The van der Waals surface area contributed by atoms with Crippen molar-refractivity contribution in [1.29, 1.82) is 0 Å². The minimum Gasteiger partial charge on any atom is -0.481 e. The number of anilines is 1. The molecule has 28 heavy (non-hydrogen) atoms. The van der Waals surface area contributed by atoms with E-state index in [9.17, 15) is 14.4 Å². The maximum Gasteiger partial charge on any atom is 0.306 e. The molecule has 0 bridgehead atoms. The normalized spacial score (nSPS) is 18.9. The molecule has 1 aromatic heterocycles. The van der Waals surface area contributed by atoms with Crippen LogP contribution in [0.4, 0.5) is 5.69 Å². The number of nitrogens with one attached hydrogen (secondary N) is 2. The Kier molecular flexibility index (Phi) is 6.03. The lowest BCUT2D eigenvalue weighted by Crippen LogP contribution is -2.39. The SMILES string of the molecule is Cc1cccc(C(=O)NC2CCC(C(=O)O)CC2)c1NC(=O)c1ccncc1. The summed E-state index contributed by atoms with van der Waals surface area (Å²) in [5.41, 5.74) is 2.10. The molecule has 1 saturated carbocycles. The Labute approximate surface area is 163 Å². The van der Waals surface area contributed by atoms with E-state index in [1.54, 1.807) is 24.3 Å². The Hall–Kier alpha value is -3.22. The van der Waals surface area contributed by atoms with Crippen LogP contribution in [-0.4, -0.2) is 33.9 Å². The first-order valence-corrected chi connectivity index (χ1v) is 9.30. The first kappa shape index (κ1) is 19.5. The van der Waals surface area contributed by atoms with Crippen LogP contribution in [0.1, 0.15) is 52.0 Å². The van der Waals surface area contributed by atoms with E-state index in [4.69, 9.17) is 5.11 Å². The zero-order valence-corrected chi connectivity index (χ0v) is 15.6. The summed E-state index contributed by atoms with van der Waals surface area (Å²) in [6.45, 7) is 1.83. The van der Waals surface area contributed by atoms with Gasteiger partial charge in [0.05, 0.1) is 17.2 Å². The molecule has 0 aliphatic heterocycles. The number of hydrogen-bond donors (Lipinski definition) is 3. The summed E-state index contributed by atoms with van der Waals surface area (Å²) in [5, 5.41) is 14.9. The smallest absolute Gasteiger partial charge is 0.306 e. The third-order valence-corrected chi connectivity index (χ3v) is 5.11. The van der Waals surface area contributed by atoms with Crippen molar-refractivity contribution in [2.75, 3.05) is 5.32 Å². The molecule has 1 aliphatic carbocycles. The number of para-hydroxylation sites is 1. The van der Waals surface area contributed by atoms with Gasteiger partial charge in [0, 0.05) is 24.0 Å². The van der Waals surface area contributed by atoms with E-state index in [-0.39, 0.29) is 23.8 Å². The van der Waals surface area contributed by atoms with Crippen LogP contribution >= 0.6 is 0 Å². The fourth-order valence-electron chi connectivity index (χ4n) is 3.46. The quantitative estimate of drug-likeness (QED) is 0.738. The van der Waals surface area contributed by atoms with E-state index in [0.29, 0.717) is 42.5 Å². The molecule has 2 amide bonds. The highest BCUT2D eigenvalue weighted by Gasteiger charge is 2.27. The first-order chi connectivity index (χ1) is 13.5. The number of carboxylic acid groups (broad SMARTS) is 1. The molecule has 1 fully saturated rings. The van der Waals surface area contributed by atoms with Gasteiger partial charge in [-0.3, -0.25) is 19.4 Å². The van der Waals surface area contributed by atoms with Gasteiger partial charge >= 0.3 is 5.97 Å². The summed E-state index contributed by atoms with van der Waals surface area (Å²) in [6, 6.07) is 8.42. The predicted octanol–water partition coefficient (Wildman–Crippen LogP) is 3.02. The number of amides is 2. The molecule has 3 rings (SSSR count). The molecule has 3 N–H and O–H groups in total. The standard InChI is InChI=1S/C21H23N3O4/c1-13-3-2-4-17(18(13)24-19(25)14-9-11-22-12-10-14)20(26)23-16-7-5-15(6-8-16)21(27)28/h2-4,9-12,15-16H,5-8H2,1H3,(H,23,26)(H,24,25)(H,27,28). The molecular formula is C21H23N3O4. The molecule has 7 nitrogen and oxygen atoms in total. The van der Waals surface area contributed by atoms with Crippen LogP contribution in [-0.2, 0) is 4.79 Å². The van der Waals surface area contributed by atoms with Crippen LogP contribution < -0.4 is 10.6 Å². The number of benzene rings is 1. The molecule has 2 aromatic rings. The molecule has 7 heteroatoms. The maximum atomic E-state index is 12.8. The van der Waals surface area contributed by atoms with E-state index in [2.05, 4.69) is 15.6 Å². The summed E-state index contributed by atoms with van der Waals surface area (Å²) in [4.78, 5) is 40.3. The van der Waals surface area contributed by atoms with Crippen LogP contribution in [0.15, 0.2) is 42.7 Å². The molecular weight excluding hydrogens is 358 g/mol. The number of aromatic nitrogens is 1. The summed E-state index contributed by atoms with van der Waals surface area (Å²) in [5.74, 6) is -1.69. The number of nitrogens with zero attached hydrogens (tertiary/aromatic N) is 1. The van der Waals surface area contributed by atoms with Crippen LogP contribution in [0, 0.1) is 12.8 Å². The Balaban J connectivity index is 1.72. The molecule has 1 heterocycles. The number of hydrogen-bond acceptors (Lipinski definition) is 4. The molecule has 0 atom stereocenters. The first-order valence-electron chi connectivity index (χ1n) is 9.30. The zero-order valence-electron chi connectivity index (χ0n) is 15.6. The highest BCUT2D eigenvalue weighted by molar-refractivity contribution is 6.09. The fourth-order valence-corrected chi connectivity index (χ4v) is 3.46. The number of aliphatic carboxylic acids is 1. The van der Waals surface area contributed by atoms with Gasteiger partial charge in [0.1, 0.15) is 0 Å². The van der Waals surface area contributed by atoms with Gasteiger partial charge < -0.3 is 15.7 Å². The van der Waals surface area contributed by atoms with Gasteiger partial charge in [0.15, 0.2) is 0 Å². The highest BCUT2D eigenvalue weighted by Crippen LogP contribution is 2.26. The maximum absolute atomic E-state index is 12.8. The second-order valence-corrected chi connectivity index (χ2v) is 7.05. The molecule has 0 spiro atoms. The molecule has 1 aliphatic rings. The van der Waals surface area contributed by atoms with Gasteiger partial charge in [0.2, 0.25) is 0 Å². The van der Waals surface area contributed by atoms with Gasteiger partial charge in [-0.2, -0.15) is 0 Å². The number of carbonyl (C=O) groups excluding carboxylic acids is 2. The summed E-state index contributed by atoms with van der Waals surface area (Å²) in [6.07, 6.45) is 5.45. The van der Waals surface area contributed by atoms with Gasteiger partial charge in [-0.15, -0.1) is 0 Å². The predicted molar refractivity (Wildman–Crippen MR) is 104 cm³/mol. The molecule has 1 aromatic carbocycles. The highest BCUT2D eigenvalue weighted by atomic mass is 16.4. The van der Waals surface area contributed by atoms with Gasteiger partial charge in [-0.05, 0) is 56.4 Å². The van der Waals surface area contributed by atoms with Crippen LogP contribution in [0.3, 0.4) is 0 Å².